The Kier molecular flexibility index (Phi) is 4.59. The minimum atomic E-state index is 0.0351. The number of hydrogen-bond donors (Lipinski definition) is 0. The van der Waals surface area contributed by atoms with Gasteiger partial charge in [-0.25, -0.2) is 0 Å². The molecule has 30 heavy (non-hydrogen) atoms. The van der Waals surface area contributed by atoms with E-state index in [1.165, 1.54) is 44.5 Å². The summed E-state index contributed by atoms with van der Waals surface area (Å²) in [7, 11) is 0. The topological polar surface area (TPSA) is 0 Å². The van der Waals surface area contributed by atoms with Gasteiger partial charge in [0.1, 0.15) is 0 Å². The molecule has 0 saturated heterocycles. The van der Waals surface area contributed by atoms with Crippen LogP contribution in [-0.2, 0) is 18.3 Å². The Morgan fingerprint density at radius 3 is 2.33 bits per heavy atom. The molecule has 1 atom stereocenters. The van der Waals surface area contributed by atoms with Crippen molar-refractivity contribution in [2.75, 3.05) is 0 Å². The van der Waals surface area contributed by atoms with Gasteiger partial charge in [-0.3, -0.25) is 0 Å². The predicted molar refractivity (Wildman–Crippen MR) is 129 cm³/mol. The molecule has 0 bridgehead atoms. The van der Waals surface area contributed by atoms with Crippen LogP contribution in [0.25, 0.3) is 16.7 Å². The lowest BCUT2D eigenvalue weighted by Gasteiger charge is -2.28. The summed E-state index contributed by atoms with van der Waals surface area (Å²) in [5.41, 5.74) is 11.3. The van der Waals surface area contributed by atoms with Crippen molar-refractivity contribution in [2.45, 2.75) is 32.1 Å². The van der Waals surface area contributed by atoms with E-state index in [0.717, 1.165) is 12.8 Å². The average molecular weight is 389 g/mol. The quantitative estimate of drug-likeness (QED) is 0.434. The maximum atomic E-state index is 4.01. The molecule has 3 aromatic carbocycles. The molecule has 0 nitrogen and oxygen atoms in total. The van der Waals surface area contributed by atoms with Crippen LogP contribution in [0.1, 0.15) is 36.1 Å². The minimum absolute atomic E-state index is 0.0351. The molecule has 3 aromatic rings. The van der Waals surface area contributed by atoms with Gasteiger partial charge in [0.15, 0.2) is 0 Å². The predicted octanol–water partition coefficient (Wildman–Crippen LogP) is 7.56. The first-order valence-electron chi connectivity index (χ1n) is 10.9. The van der Waals surface area contributed by atoms with E-state index in [0.29, 0.717) is 5.92 Å². The molecule has 148 valence electrons. The lowest BCUT2D eigenvalue weighted by Crippen LogP contribution is -2.26. The molecule has 0 N–H and O–H groups in total. The van der Waals surface area contributed by atoms with Gasteiger partial charge in [0, 0.05) is 5.41 Å². The Morgan fingerprint density at radius 2 is 1.57 bits per heavy atom. The van der Waals surface area contributed by atoms with Crippen LogP contribution >= 0.6 is 0 Å². The minimum Gasteiger partial charge on any atom is -0.0990 e. The number of allylic oxidation sites excluding steroid dienone is 5. The molecule has 0 fully saturated rings. The van der Waals surface area contributed by atoms with Crippen LogP contribution in [0.5, 0.6) is 0 Å². The van der Waals surface area contributed by atoms with Gasteiger partial charge in [-0.05, 0) is 63.3 Å². The molecular weight excluding hydrogens is 360 g/mol. The van der Waals surface area contributed by atoms with Crippen molar-refractivity contribution in [3.63, 3.8) is 0 Å². The molecule has 0 radical (unpaired) electrons. The van der Waals surface area contributed by atoms with Crippen molar-refractivity contribution in [1.29, 1.82) is 0 Å². The third-order valence-electron chi connectivity index (χ3n) is 6.62. The van der Waals surface area contributed by atoms with Crippen LogP contribution in [0.4, 0.5) is 0 Å². The number of hydrogen-bond acceptors (Lipinski definition) is 0. The smallest absolute Gasteiger partial charge is 0.0292 e. The summed E-state index contributed by atoms with van der Waals surface area (Å²) in [5, 5.41) is 0. The van der Waals surface area contributed by atoms with Crippen molar-refractivity contribution < 1.29 is 0 Å². The highest BCUT2D eigenvalue weighted by Gasteiger charge is 2.48. The van der Waals surface area contributed by atoms with E-state index in [-0.39, 0.29) is 5.41 Å². The highest BCUT2D eigenvalue weighted by Crippen LogP contribution is 2.56. The summed E-state index contributed by atoms with van der Waals surface area (Å²) < 4.78 is 0. The fraction of sp³-hybridized carbons (Fsp3) is 0.200. The van der Waals surface area contributed by atoms with Gasteiger partial charge >= 0.3 is 0 Å². The first-order chi connectivity index (χ1) is 14.6. The highest BCUT2D eigenvalue weighted by atomic mass is 14.5. The first-order valence-corrected chi connectivity index (χ1v) is 10.9. The van der Waals surface area contributed by atoms with Gasteiger partial charge in [0.25, 0.3) is 0 Å². The molecule has 1 spiro atoms. The Morgan fingerprint density at radius 1 is 0.833 bits per heavy atom. The highest BCUT2D eigenvalue weighted by molar-refractivity contribution is 5.91. The molecule has 0 saturated carbocycles. The third kappa shape index (κ3) is 2.91. The Hall–Kier alpha value is -3.12. The summed E-state index contributed by atoms with van der Waals surface area (Å²) in [5.74, 6) is 0.503. The van der Waals surface area contributed by atoms with E-state index in [1.54, 1.807) is 0 Å². The zero-order valence-corrected chi connectivity index (χ0v) is 17.9. The van der Waals surface area contributed by atoms with Crippen LogP contribution in [0.2, 0.25) is 0 Å². The van der Waals surface area contributed by atoms with E-state index < -0.39 is 0 Å². The van der Waals surface area contributed by atoms with Gasteiger partial charge in [-0.1, -0.05) is 111 Å². The largest absolute Gasteiger partial charge is 0.0990 e. The summed E-state index contributed by atoms with van der Waals surface area (Å²) >= 11 is 0. The van der Waals surface area contributed by atoms with E-state index >= 15 is 0 Å². The standard InChI is InChI=1S/C30H28/c1-4-10-26-27-13-8-9-14-28(27)30(29(26)17-21(2)3)19-24-16-15-23(18-25(24)20-30)22-11-6-5-7-12-22/h4-18,21H,1,19-20H2,2-3H3/b26-10-,29-17+. The summed E-state index contributed by atoms with van der Waals surface area (Å²) in [4.78, 5) is 0. The van der Waals surface area contributed by atoms with Crippen molar-refractivity contribution in [3.8, 4) is 11.1 Å². The second kappa shape index (κ2) is 7.29. The van der Waals surface area contributed by atoms with Crippen LogP contribution in [0.3, 0.4) is 0 Å². The number of benzene rings is 3. The van der Waals surface area contributed by atoms with Crippen molar-refractivity contribution in [3.05, 3.63) is 125 Å². The molecule has 0 aromatic heterocycles. The van der Waals surface area contributed by atoms with Gasteiger partial charge in [-0.2, -0.15) is 0 Å². The van der Waals surface area contributed by atoms with Gasteiger partial charge in [-0.15, -0.1) is 0 Å². The molecule has 1 unspecified atom stereocenters. The fourth-order valence-corrected chi connectivity index (χ4v) is 5.43. The second-order valence-electron chi connectivity index (χ2n) is 8.97. The Balaban J connectivity index is 1.67. The monoisotopic (exact) mass is 388 g/mol. The third-order valence-corrected chi connectivity index (χ3v) is 6.62. The van der Waals surface area contributed by atoms with Crippen molar-refractivity contribution in [2.24, 2.45) is 5.92 Å². The number of fused-ring (bicyclic) bond motifs is 3. The van der Waals surface area contributed by atoms with Crippen LogP contribution in [0, 0.1) is 5.92 Å². The van der Waals surface area contributed by atoms with E-state index in [1.807, 2.05) is 6.08 Å². The molecule has 2 aliphatic carbocycles. The lowest BCUT2D eigenvalue weighted by atomic mass is 9.74. The molecule has 0 aliphatic heterocycles. The molecule has 2 aliphatic rings. The van der Waals surface area contributed by atoms with E-state index in [2.05, 4.69) is 105 Å². The zero-order chi connectivity index (χ0) is 20.7. The van der Waals surface area contributed by atoms with Crippen LogP contribution in [-0.4, -0.2) is 0 Å². The Labute approximate surface area is 180 Å². The first kappa shape index (κ1) is 18.9. The zero-order valence-electron chi connectivity index (χ0n) is 17.9. The van der Waals surface area contributed by atoms with Crippen molar-refractivity contribution >= 4 is 5.57 Å². The van der Waals surface area contributed by atoms with Gasteiger partial charge in [0.05, 0.1) is 0 Å². The maximum absolute atomic E-state index is 4.01. The van der Waals surface area contributed by atoms with Crippen LogP contribution in [0.15, 0.2) is 103 Å². The molecule has 5 rings (SSSR count). The molecule has 0 heteroatoms. The molecule has 0 amide bonds. The summed E-state index contributed by atoms with van der Waals surface area (Å²) in [6.45, 7) is 8.57. The van der Waals surface area contributed by atoms with Gasteiger partial charge < -0.3 is 0 Å². The van der Waals surface area contributed by atoms with Crippen LogP contribution < -0.4 is 0 Å². The Bertz CT molecular complexity index is 1170. The van der Waals surface area contributed by atoms with E-state index in [9.17, 15) is 0 Å². The van der Waals surface area contributed by atoms with Crippen molar-refractivity contribution in [1.82, 2.24) is 0 Å². The summed E-state index contributed by atoms with van der Waals surface area (Å²) in [6.07, 6.45) is 8.77. The van der Waals surface area contributed by atoms with Gasteiger partial charge in [0.2, 0.25) is 0 Å². The molecule has 0 heterocycles. The number of rotatable bonds is 3. The second-order valence-corrected chi connectivity index (χ2v) is 8.97. The molecular formula is C30H28. The lowest BCUT2D eigenvalue weighted by molar-refractivity contribution is 0.557. The SMILES string of the molecule is C=C/C=C1\C(=C/C(C)C)C2(Cc3ccc(-c4ccccc4)cc3C2)c2ccccc21. The fourth-order valence-electron chi connectivity index (χ4n) is 5.43. The normalized spacial score (nSPS) is 22.1. The summed E-state index contributed by atoms with van der Waals surface area (Å²) in [6, 6.07) is 26.8. The maximum Gasteiger partial charge on any atom is 0.0292 e. The average Bonchev–Trinajstić information content (AvgIpc) is 3.26. The van der Waals surface area contributed by atoms with E-state index in [4.69, 9.17) is 0 Å².